The summed E-state index contributed by atoms with van der Waals surface area (Å²) in [5.74, 6) is -0.474. The molecule has 0 saturated carbocycles. The Balaban J connectivity index is 2.65. The molecule has 0 fully saturated rings. The van der Waals surface area contributed by atoms with Crippen LogP contribution in [0.15, 0.2) is 12.2 Å². The zero-order valence-electron chi connectivity index (χ0n) is 8.10. The molecule has 14 heavy (non-hydrogen) atoms. The molecule has 0 saturated heterocycles. The smallest absolute Gasteiger partial charge is 0.309 e. The number of ketones is 1. The van der Waals surface area contributed by atoms with E-state index in [2.05, 4.69) is 0 Å². The van der Waals surface area contributed by atoms with Crippen molar-refractivity contribution >= 4 is 11.8 Å². The van der Waals surface area contributed by atoms with E-state index in [0.717, 1.165) is 0 Å². The summed E-state index contributed by atoms with van der Waals surface area (Å²) in [6, 6.07) is 0. The highest BCUT2D eigenvalue weighted by Gasteiger charge is 2.15. The number of hydrogen-bond donors (Lipinski definition) is 1. The number of hydrogen-bond acceptors (Lipinski definition) is 4. The molecule has 0 bridgehead atoms. The molecule has 0 aromatic heterocycles. The third-order valence-electron chi connectivity index (χ3n) is 2.01. The van der Waals surface area contributed by atoms with E-state index in [9.17, 15) is 14.7 Å². The van der Waals surface area contributed by atoms with Crippen LogP contribution in [0.4, 0.5) is 0 Å². The molecule has 0 amide bonds. The molecular weight excluding hydrogens is 184 g/mol. The average Bonchev–Trinajstić information content (AvgIpc) is 2.10. The number of esters is 1. The van der Waals surface area contributed by atoms with Gasteiger partial charge in [0.15, 0.2) is 5.78 Å². The molecule has 0 radical (unpaired) electrons. The minimum Gasteiger partial charge on any atom is -0.463 e. The van der Waals surface area contributed by atoms with Crippen molar-refractivity contribution in [2.45, 2.75) is 38.4 Å². The Morgan fingerprint density at radius 2 is 2.21 bits per heavy atom. The number of allylic oxidation sites excluding steroid dienone is 1. The second-order valence-corrected chi connectivity index (χ2v) is 3.44. The largest absolute Gasteiger partial charge is 0.463 e. The van der Waals surface area contributed by atoms with Gasteiger partial charge in [0.2, 0.25) is 0 Å². The highest BCUT2D eigenvalue weighted by Crippen LogP contribution is 2.08. The molecule has 1 heterocycles. The normalized spacial score (nSPS) is 32.1. The summed E-state index contributed by atoms with van der Waals surface area (Å²) in [5.41, 5.74) is 0. The summed E-state index contributed by atoms with van der Waals surface area (Å²) >= 11 is 0. The molecule has 78 valence electrons. The first-order valence-corrected chi connectivity index (χ1v) is 4.66. The van der Waals surface area contributed by atoms with Gasteiger partial charge in [0.05, 0.1) is 18.6 Å². The highest BCUT2D eigenvalue weighted by atomic mass is 16.5. The highest BCUT2D eigenvalue weighted by molar-refractivity contribution is 5.89. The standard InChI is InChI=1S/C10H14O4/c1-7-2-3-8(11)4-5-9(12)6-10(13)14-7/h4-5,7,9,12H,2-3,6H2,1H3/b5-4+/t7-,9-/m1/s1. The van der Waals surface area contributed by atoms with E-state index in [1.807, 2.05) is 0 Å². The lowest BCUT2D eigenvalue weighted by molar-refractivity contribution is -0.150. The molecule has 0 aromatic carbocycles. The second-order valence-electron chi connectivity index (χ2n) is 3.44. The monoisotopic (exact) mass is 198 g/mol. The van der Waals surface area contributed by atoms with Crippen LogP contribution in [-0.4, -0.2) is 29.1 Å². The molecule has 4 nitrogen and oxygen atoms in total. The van der Waals surface area contributed by atoms with Gasteiger partial charge in [-0.15, -0.1) is 0 Å². The number of aliphatic hydroxyl groups excluding tert-OH is 1. The third-order valence-corrected chi connectivity index (χ3v) is 2.01. The maximum Gasteiger partial charge on any atom is 0.309 e. The van der Waals surface area contributed by atoms with Crippen LogP contribution in [0, 0.1) is 0 Å². The molecule has 0 spiro atoms. The Kier molecular flexibility index (Phi) is 3.83. The van der Waals surface area contributed by atoms with E-state index in [4.69, 9.17) is 4.74 Å². The Morgan fingerprint density at radius 1 is 1.50 bits per heavy atom. The van der Waals surface area contributed by atoms with E-state index in [-0.39, 0.29) is 18.3 Å². The van der Waals surface area contributed by atoms with Crippen LogP contribution >= 0.6 is 0 Å². The Morgan fingerprint density at radius 3 is 2.93 bits per heavy atom. The molecule has 0 aliphatic carbocycles. The van der Waals surface area contributed by atoms with E-state index in [1.165, 1.54) is 12.2 Å². The first-order valence-electron chi connectivity index (χ1n) is 4.66. The predicted octanol–water partition coefficient (Wildman–Crippen LogP) is 0.588. The van der Waals surface area contributed by atoms with Gasteiger partial charge in [0, 0.05) is 6.42 Å². The second kappa shape index (κ2) is 4.91. The minimum absolute atomic E-state index is 0.0474. The molecule has 0 aromatic rings. The fourth-order valence-corrected chi connectivity index (χ4v) is 1.22. The minimum atomic E-state index is -0.920. The maximum absolute atomic E-state index is 11.1. The van der Waals surface area contributed by atoms with Crippen molar-refractivity contribution < 1.29 is 19.4 Å². The van der Waals surface area contributed by atoms with Gasteiger partial charge in [-0.25, -0.2) is 0 Å². The summed E-state index contributed by atoms with van der Waals surface area (Å²) in [6.07, 6.45) is 2.27. The lowest BCUT2D eigenvalue weighted by Gasteiger charge is -2.14. The fourth-order valence-electron chi connectivity index (χ4n) is 1.22. The summed E-state index contributed by atoms with van der Waals surface area (Å²) in [4.78, 5) is 22.2. The fraction of sp³-hybridized carbons (Fsp3) is 0.600. The van der Waals surface area contributed by atoms with Crippen LogP contribution in [0.3, 0.4) is 0 Å². The molecule has 1 N–H and O–H groups in total. The molecule has 1 rings (SSSR count). The number of ether oxygens (including phenoxy) is 1. The van der Waals surface area contributed by atoms with Crippen molar-refractivity contribution in [3.05, 3.63) is 12.2 Å². The zero-order valence-corrected chi connectivity index (χ0v) is 8.10. The van der Waals surface area contributed by atoms with Crippen molar-refractivity contribution in [2.75, 3.05) is 0 Å². The summed E-state index contributed by atoms with van der Waals surface area (Å²) < 4.78 is 4.96. The maximum atomic E-state index is 11.1. The lowest BCUT2D eigenvalue weighted by atomic mass is 10.1. The summed E-state index contributed by atoms with van der Waals surface area (Å²) in [6.45, 7) is 1.74. The number of carbonyl (C=O) groups excluding carboxylic acids is 2. The van der Waals surface area contributed by atoms with Crippen molar-refractivity contribution in [3.63, 3.8) is 0 Å². The van der Waals surface area contributed by atoms with Crippen LogP contribution in [0.25, 0.3) is 0 Å². The van der Waals surface area contributed by atoms with Crippen molar-refractivity contribution in [2.24, 2.45) is 0 Å². The van der Waals surface area contributed by atoms with Crippen molar-refractivity contribution in [1.82, 2.24) is 0 Å². The molecule has 4 heteroatoms. The van der Waals surface area contributed by atoms with E-state index >= 15 is 0 Å². The molecule has 1 aliphatic rings. The number of aliphatic hydroxyl groups is 1. The van der Waals surface area contributed by atoms with Gasteiger partial charge >= 0.3 is 5.97 Å². The van der Waals surface area contributed by atoms with Gasteiger partial charge in [-0.1, -0.05) is 6.08 Å². The molecule has 1 aliphatic heterocycles. The van der Waals surface area contributed by atoms with E-state index in [0.29, 0.717) is 12.8 Å². The van der Waals surface area contributed by atoms with Crippen molar-refractivity contribution in [1.29, 1.82) is 0 Å². The Labute approximate surface area is 82.6 Å². The van der Waals surface area contributed by atoms with Gasteiger partial charge in [0.1, 0.15) is 0 Å². The molecule has 2 atom stereocenters. The van der Waals surface area contributed by atoms with Crippen LogP contribution in [-0.2, 0) is 14.3 Å². The van der Waals surface area contributed by atoms with Crippen LogP contribution < -0.4 is 0 Å². The Bertz CT molecular complexity index is 257. The first-order chi connectivity index (χ1) is 6.58. The topological polar surface area (TPSA) is 63.6 Å². The zero-order chi connectivity index (χ0) is 10.6. The third kappa shape index (κ3) is 3.70. The number of rotatable bonds is 0. The van der Waals surface area contributed by atoms with E-state index < -0.39 is 12.1 Å². The number of carbonyl (C=O) groups is 2. The van der Waals surface area contributed by atoms with Crippen LogP contribution in [0.1, 0.15) is 26.2 Å². The summed E-state index contributed by atoms with van der Waals surface area (Å²) in [5, 5.41) is 9.27. The van der Waals surface area contributed by atoms with Crippen molar-refractivity contribution in [3.8, 4) is 0 Å². The molecular formula is C10H14O4. The lowest BCUT2D eigenvalue weighted by Crippen LogP contribution is -2.21. The quantitative estimate of drug-likeness (QED) is 0.578. The van der Waals surface area contributed by atoms with Crippen LogP contribution in [0.5, 0.6) is 0 Å². The molecule has 0 unspecified atom stereocenters. The number of cyclic esters (lactones) is 1. The van der Waals surface area contributed by atoms with Gasteiger partial charge in [0.25, 0.3) is 0 Å². The van der Waals surface area contributed by atoms with Gasteiger partial charge < -0.3 is 9.84 Å². The van der Waals surface area contributed by atoms with E-state index in [1.54, 1.807) is 6.92 Å². The summed E-state index contributed by atoms with van der Waals surface area (Å²) in [7, 11) is 0. The van der Waals surface area contributed by atoms with Gasteiger partial charge in [-0.3, -0.25) is 9.59 Å². The van der Waals surface area contributed by atoms with Crippen LogP contribution in [0.2, 0.25) is 0 Å². The first kappa shape index (κ1) is 10.9. The SMILES string of the molecule is C[C@@H]1CCC(=O)/C=C/[C@@H](O)CC(=O)O1. The average molecular weight is 198 g/mol. The predicted molar refractivity (Wildman–Crippen MR) is 49.6 cm³/mol. The Hall–Kier alpha value is -1.16. The van der Waals surface area contributed by atoms with Gasteiger partial charge in [-0.2, -0.15) is 0 Å². The van der Waals surface area contributed by atoms with Gasteiger partial charge in [-0.05, 0) is 19.4 Å².